The molecule has 0 radical (unpaired) electrons. The van der Waals surface area contributed by atoms with Crippen molar-refractivity contribution in [3.63, 3.8) is 0 Å². The lowest BCUT2D eigenvalue weighted by Crippen LogP contribution is -2.42. The van der Waals surface area contributed by atoms with E-state index in [-0.39, 0.29) is 12.5 Å². The molecule has 3 fully saturated rings. The van der Waals surface area contributed by atoms with Crippen molar-refractivity contribution in [3.8, 4) is 11.3 Å². The van der Waals surface area contributed by atoms with Gasteiger partial charge in [0.05, 0.1) is 29.1 Å². The Morgan fingerprint density at radius 1 is 1.05 bits per heavy atom. The van der Waals surface area contributed by atoms with Crippen molar-refractivity contribution < 1.29 is 19.4 Å². The first-order valence-electron chi connectivity index (χ1n) is 14.2. The molecular formula is C30H36ClN3O4S. The summed E-state index contributed by atoms with van der Waals surface area (Å²) >= 11 is 7.68. The standard InChI is InChI=1S/C30H36ClN3O4S/c31-22-10-8-21(9-11-22)26-25(20-4-2-1-3-5-20)29-27(34(26)18-24(35)33-12-14-38-15-13-33)23(28(39-29)30(36)37)17-32-16-19-6-7-19/h8-11,19-20,32H,1-7,12-18H2,(H,36,37). The second kappa shape index (κ2) is 11.6. The number of nitrogens with zero attached hydrogens (tertiary/aromatic N) is 2. The van der Waals surface area contributed by atoms with Gasteiger partial charge in [0.25, 0.3) is 0 Å². The van der Waals surface area contributed by atoms with E-state index in [1.165, 1.54) is 36.2 Å². The number of aromatic nitrogens is 1. The van der Waals surface area contributed by atoms with Crippen LogP contribution in [0.4, 0.5) is 0 Å². The number of carboxylic acid groups (broad SMARTS) is 1. The van der Waals surface area contributed by atoms with E-state index in [4.69, 9.17) is 16.3 Å². The second-order valence-electron chi connectivity index (χ2n) is 11.2. The number of hydrogen-bond donors (Lipinski definition) is 2. The number of carboxylic acids is 1. The molecule has 7 nitrogen and oxygen atoms in total. The lowest BCUT2D eigenvalue weighted by atomic mass is 9.83. The van der Waals surface area contributed by atoms with Crippen LogP contribution < -0.4 is 5.32 Å². The number of rotatable bonds is 9. The van der Waals surface area contributed by atoms with Crippen molar-refractivity contribution >= 4 is 45.0 Å². The van der Waals surface area contributed by atoms with Crippen LogP contribution in [0.2, 0.25) is 5.02 Å². The Balaban J connectivity index is 1.54. The van der Waals surface area contributed by atoms with Crippen LogP contribution in [-0.2, 0) is 22.6 Å². The Morgan fingerprint density at radius 3 is 2.44 bits per heavy atom. The normalized spacial score (nSPS) is 18.6. The molecular weight excluding hydrogens is 534 g/mol. The van der Waals surface area contributed by atoms with E-state index in [0.717, 1.165) is 59.3 Å². The van der Waals surface area contributed by atoms with Gasteiger partial charge in [-0.15, -0.1) is 11.3 Å². The van der Waals surface area contributed by atoms with E-state index in [9.17, 15) is 14.7 Å². The fourth-order valence-electron chi connectivity index (χ4n) is 6.24. The van der Waals surface area contributed by atoms with Gasteiger partial charge < -0.3 is 24.6 Å². The van der Waals surface area contributed by atoms with E-state index >= 15 is 0 Å². The average Bonchev–Trinajstić information content (AvgIpc) is 3.63. The number of nitrogens with one attached hydrogen (secondary N) is 1. The number of fused-ring (bicyclic) bond motifs is 1. The number of carbonyl (C=O) groups excluding carboxylic acids is 1. The molecule has 0 bridgehead atoms. The molecule has 3 aliphatic rings. The van der Waals surface area contributed by atoms with Gasteiger partial charge in [-0.1, -0.05) is 43.0 Å². The number of benzene rings is 1. The molecule has 1 aliphatic heterocycles. The predicted molar refractivity (Wildman–Crippen MR) is 155 cm³/mol. The highest BCUT2D eigenvalue weighted by Crippen LogP contribution is 2.48. The maximum atomic E-state index is 13.7. The van der Waals surface area contributed by atoms with Crippen LogP contribution in [0.15, 0.2) is 24.3 Å². The summed E-state index contributed by atoms with van der Waals surface area (Å²) in [6, 6.07) is 7.87. The number of ether oxygens (including phenoxy) is 1. The summed E-state index contributed by atoms with van der Waals surface area (Å²) in [5.41, 5.74) is 4.99. The van der Waals surface area contributed by atoms with Crippen molar-refractivity contribution in [2.75, 3.05) is 32.8 Å². The van der Waals surface area contributed by atoms with E-state index < -0.39 is 5.97 Å². The largest absolute Gasteiger partial charge is 0.477 e. The zero-order valence-electron chi connectivity index (χ0n) is 22.2. The fraction of sp³-hybridized carbons (Fsp3) is 0.533. The Kier molecular flexibility index (Phi) is 7.98. The first kappa shape index (κ1) is 26.8. The van der Waals surface area contributed by atoms with Gasteiger partial charge in [0.15, 0.2) is 0 Å². The zero-order valence-corrected chi connectivity index (χ0v) is 23.8. The maximum absolute atomic E-state index is 13.7. The third-order valence-electron chi connectivity index (χ3n) is 8.43. The first-order valence-corrected chi connectivity index (χ1v) is 15.4. The van der Waals surface area contributed by atoms with Crippen molar-refractivity contribution in [2.24, 2.45) is 5.92 Å². The minimum Gasteiger partial charge on any atom is -0.477 e. The molecule has 9 heteroatoms. The summed E-state index contributed by atoms with van der Waals surface area (Å²) < 4.78 is 8.66. The van der Waals surface area contributed by atoms with E-state index in [0.29, 0.717) is 54.6 Å². The van der Waals surface area contributed by atoms with Crippen LogP contribution in [-0.4, -0.2) is 59.3 Å². The van der Waals surface area contributed by atoms with Crippen molar-refractivity contribution in [1.29, 1.82) is 0 Å². The molecule has 2 aliphatic carbocycles. The van der Waals surface area contributed by atoms with Crippen molar-refractivity contribution in [2.45, 2.75) is 64.0 Å². The molecule has 1 aromatic carbocycles. The summed E-state index contributed by atoms with van der Waals surface area (Å²) in [5.74, 6) is 0.164. The Hall–Kier alpha value is -2.39. The van der Waals surface area contributed by atoms with Crippen LogP contribution in [0, 0.1) is 5.92 Å². The average molecular weight is 570 g/mol. The van der Waals surface area contributed by atoms with E-state index in [1.54, 1.807) is 0 Å². The molecule has 2 aromatic heterocycles. The number of carbonyl (C=O) groups is 2. The van der Waals surface area contributed by atoms with Gasteiger partial charge in [-0.25, -0.2) is 4.79 Å². The third kappa shape index (κ3) is 5.62. The SMILES string of the molecule is O=C(O)c1sc2c(C3CCCCC3)c(-c3ccc(Cl)cc3)n(CC(=O)N3CCOCC3)c2c1CNCC1CC1. The van der Waals surface area contributed by atoms with E-state index in [1.807, 2.05) is 29.2 Å². The quantitative estimate of drug-likeness (QED) is 0.324. The molecule has 1 amide bonds. The van der Waals surface area contributed by atoms with Crippen LogP contribution in [0.25, 0.3) is 21.5 Å². The fourth-order valence-corrected chi connectivity index (χ4v) is 7.66. The van der Waals surface area contributed by atoms with Gasteiger partial charge in [0.2, 0.25) is 5.91 Å². The summed E-state index contributed by atoms with van der Waals surface area (Å²) in [6.07, 6.45) is 8.17. The van der Waals surface area contributed by atoms with Gasteiger partial charge in [-0.2, -0.15) is 0 Å². The van der Waals surface area contributed by atoms with Gasteiger partial charge in [0, 0.05) is 30.2 Å². The maximum Gasteiger partial charge on any atom is 0.346 e. The minimum atomic E-state index is -0.895. The molecule has 0 atom stereocenters. The third-order valence-corrected chi connectivity index (χ3v) is 9.93. The Morgan fingerprint density at radius 2 is 1.77 bits per heavy atom. The number of halogens is 1. The Bertz CT molecular complexity index is 1350. The second-order valence-corrected chi connectivity index (χ2v) is 12.6. The molecule has 39 heavy (non-hydrogen) atoms. The molecule has 3 aromatic rings. The van der Waals surface area contributed by atoms with Crippen LogP contribution in [0.5, 0.6) is 0 Å². The topological polar surface area (TPSA) is 83.8 Å². The highest BCUT2D eigenvalue weighted by molar-refractivity contribution is 7.21. The lowest BCUT2D eigenvalue weighted by Gasteiger charge is -2.28. The number of amides is 1. The molecule has 3 heterocycles. The van der Waals surface area contributed by atoms with Gasteiger partial charge in [0.1, 0.15) is 11.4 Å². The highest BCUT2D eigenvalue weighted by Gasteiger charge is 2.33. The first-order chi connectivity index (χ1) is 19.0. The van der Waals surface area contributed by atoms with Crippen molar-refractivity contribution in [3.05, 3.63) is 45.3 Å². The van der Waals surface area contributed by atoms with Gasteiger partial charge >= 0.3 is 5.97 Å². The molecule has 208 valence electrons. The molecule has 2 saturated carbocycles. The molecule has 2 N–H and O–H groups in total. The molecule has 0 spiro atoms. The Labute approximate surface area is 238 Å². The van der Waals surface area contributed by atoms with Crippen LogP contribution in [0.3, 0.4) is 0 Å². The van der Waals surface area contributed by atoms with Crippen LogP contribution >= 0.6 is 22.9 Å². The highest BCUT2D eigenvalue weighted by atomic mass is 35.5. The number of thiophene rings is 1. The summed E-state index contributed by atoms with van der Waals surface area (Å²) in [4.78, 5) is 28.5. The lowest BCUT2D eigenvalue weighted by molar-refractivity contribution is -0.135. The number of aromatic carboxylic acids is 1. The monoisotopic (exact) mass is 569 g/mol. The number of morpholine rings is 1. The molecule has 1 saturated heterocycles. The van der Waals surface area contributed by atoms with Crippen molar-refractivity contribution in [1.82, 2.24) is 14.8 Å². The summed E-state index contributed by atoms with van der Waals surface area (Å²) in [6.45, 7) is 3.79. The summed E-state index contributed by atoms with van der Waals surface area (Å²) in [5, 5.41) is 14.5. The van der Waals surface area contributed by atoms with E-state index in [2.05, 4.69) is 9.88 Å². The van der Waals surface area contributed by atoms with Gasteiger partial charge in [-0.05, 0) is 67.3 Å². The summed E-state index contributed by atoms with van der Waals surface area (Å²) in [7, 11) is 0. The molecule has 6 rings (SSSR count). The van der Waals surface area contributed by atoms with Gasteiger partial charge in [-0.3, -0.25) is 4.79 Å². The minimum absolute atomic E-state index is 0.0422. The smallest absolute Gasteiger partial charge is 0.346 e. The number of hydrogen-bond acceptors (Lipinski definition) is 5. The zero-order chi connectivity index (χ0) is 26.9. The molecule has 0 unspecified atom stereocenters. The predicted octanol–water partition coefficient (Wildman–Crippen LogP) is 6.13. The van der Waals surface area contributed by atoms with Crippen LogP contribution in [0.1, 0.15) is 71.7 Å².